The van der Waals surface area contributed by atoms with Gasteiger partial charge in [0.15, 0.2) is 5.13 Å². The van der Waals surface area contributed by atoms with Crippen LogP contribution in [0.4, 0.5) is 5.13 Å². The summed E-state index contributed by atoms with van der Waals surface area (Å²) in [5.41, 5.74) is 1.51. The van der Waals surface area contributed by atoms with Gasteiger partial charge in [0.2, 0.25) is 0 Å². The second kappa shape index (κ2) is 8.22. The number of thiazole rings is 1. The predicted octanol–water partition coefficient (Wildman–Crippen LogP) is 3.29. The first kappa shape index (κ1) is 19.6. The predicted molar refractivity (Wildman–Crippen MR) is 108 cm³/mol. The number of ether oxygens (including phenoxy) is 2. The van der Waals surface area contributed by atoms with Gasteiger partial charge in [0.25, 0.3) is 5.91 Å². The molecule has 2 N–H and O–H groups in total. The van der Waals surface area contributed by atoms with Crippen LogP contribution in [0.1, 0.15) is 35.9 Å². The van der Waals surface area contributed by atoms with Crippen LogP contribution in [0, 0.1) is 0 Å². The molecule has 146 valence electrons. The molecular weight excluding hydrogens is 380 g/mol. The summed E-state index contributed by atoms with van der Waals surface area (Å²) in [4.78, 5) is 35.0. The molecular formula is C19H20N4O4S. The fraction of sp³-hybridized carbons (Fsp3) is 0.263. The Balaban J connectivity index is 1.86. The van der Waals surface area contributed by atoms with E-state index in [-0.39, 0.29) is 11.6 Å². The normalized spacial score (nSPS) is 10.8. The number of rotatable bonds is 6. The molecule has 8 nitrogen and oxygen atoms in total. The maximum Gasteiger partial charge on any atom is 0.345 e. The van der Waals surface area contributed by atoms with E-state index in [1.807, 2.05) is 19.9 Å². The molecule has 0 spiro atoms. The van der Waals surface area contributed by atoms with Gasteiger partial charge in [-0.25, -0.2) is 9.78 Å². The number of methoxy groups -OCH3 is 2. The Morgan fingerprint density at radius 2 is 1.96 bits per heavy atom. The van der Waals surface area contributed by atoms with Crippen LogP contribution in [0.15, 0.2) is 34.4 Å². The third-order valence-corrected chi connectivity index (χ3v) is 4.79. The monoisotopic (exact) mass is 400 g/mol. The van der Waals surface area contributed by atoms with Crippen molar-refractivity contribution in [1.29, 1.82) is 0 Å². The number of anilines is 1. The van der Waals surface area contributed by atoms with Crippen LogP contribution >= 0.6 is 11.3 Å². The zero-order chi connectivity index (χ0) is 20.3. The lowest BCUT2D eigenvalue weighted by atomic mass is 10.1. The highest BCUT2D eigenvalue weighted by Gasteiger charge is 2.16. The third kappa shape index (κ3) is 4.20. The zero-order valence-corrected chi connectivity index (χ0v) is 16.7. The first-order valence-electron chi connectivity index (χ1n) is 8.51. The van der Waals surface area contributed by atoms with Crippen molar-refractivity contribution in [3.8, 4) is 22.8 Å². The Bertz CT molecular complexity index is 1060. The van der Waals surface area contributed by atoms with Gasteiger partial charge >= 0.3 is 5.69 Å². The first-order valence-corrected chi connectivity index (χ1v) is 9.39. The van der Waals surface area contributed by atoms with Crippen LogP contribution in [-0.4, -0.2) is 35.1 Å². The number of hydrogen-bond donors (Lipinski definition) is 2. The number of aromatic nitrogens is 3. The molecule has 1 aromatic carbocycles. The van der Waals surface area contributed by atoms with E-state index in [0.29, 0.717) is 28.0 Å². The second-order valence-electron chi connectivity index (χ2n) is 6.24. The van der Waals surface area contributed by atoms with Crippen LogP contribution in [-0.2, 0) is 0 Å². The number of hydrogen-bond acceptors (Lipinski definition) is 7. The Morgan fingerprint density at radius 1 is 1.18 bits per heavy atom. The van der Waals surface area contributed by atoms with Crippen molar-refractivity contribution in [3.63, 3.8) is 0 Å². The molecule has 3 aromatic rings. The molecule has 0 radical (unpaired) electrons. The Kier molecular flexibility index (Phi) is 5.74. The number of H-pyrrole nitrogens is 1. The maximum atomic E-state index is 12.5. The van der Waals surface area contributed by atoms with Gasteiger partial charge in [0, 0.05) is 16.6 Å². The van der Waals surface area contributed by atoms with E-state index >= 15 is 0 Å². The highest BCUT2D eigenvalue weighted by atomic mass is 32.1. The summed E-state index contributed by atoms with van der Waals surface area (Å²) >= 11 is 1.26. The number of carbonyl (C=O) groups is 1. The summed E-state index contributed by atoms with van der Waals surface area (Å²) in [6.45, 7) is 3.84. The Morgan fingerprint density at radius 3 is 2.64 bits per heavy atom. The molecule has 0 aliphatic heterocycles. The van der Waals surface area contributed by atoms with Gasteiger partial charge in [-0.1, -0.05) is 13.8 Å². The number of nitrogens with zero attached hydrogens (tertiary/aromatic N) is 2. The van der Waals surface area contributed by atoms with Crippen molar-refractivity contribution in [2.24, 2.45) is 0 Å². The second-order valence-corrected chi connectivity index (χ2v) is 7.10. The van der Waals surface area contributed by atoms with E-state index in [2.05, 4.69) is 20.3 Å². The molecule has 9 heteroatoms. The highest BCUT2D eigenvalue weighted by molar-refractivity contribution is 7.14. The van der Waals surface area contributed by atoms with Gasteiger partial charge in [-0.15, -0.1) is 11.3 Å². The molecule has 0 saturated heterocycles. The van der Waals surface area contributed by atoms with Crippen molar-refractivity contribution < 1.29 is 14.3 Å². The molecule has 0 unspecified atom stereocenters. The average Bonchev–Trinajstić information content (AvgIpc) is 3.15. The molecule has 0 aliphatic carbocycles. The molecule has 0 bridgehead atoms. The molecule has 0 saturated carbocycles. The van der Waals surface area contributed by atoms with E-state index < -0.39 is 11.6 Å². The maximum absolute atomic E-state index is 12.5. The number of aromatic amines is 1. The molecule has 0 aliphatic rings. The number of benzene rings is 1. The van der Waals surface area contributed by atoms with E-state index in [4.69, 9.17) is 9.47 Å². The van der Waals surface area contributed by atoms with Crippen LogP contribution in [0.25, 0.3) is 11.3 Å². The minimum absolute atomic E-state index is 0.0446. The molecule has 0 fully saturated rings. The lowest BCUT2D eigenvalue weighted by Gasteiger charge is -2.08. The van der Waals surface area contributed by atoms with Gasteiger partial charge in [0.1, 0.15) is 17.2 Å². The third-order valence-electron chi connectivity index (χ3n) is 4.03. The van der Waals surface area contributed by atoms with Gasteiger partial charge < -0.3 is 14.5 Å². The molecule has 2 aromatic heterocycles. The van der Waals surface area contributed by atoms with Crippen LogP contribution in [0.2, 0.25) is 0 Å². The lowest BCUT2D eigenvalue weighted by molar-refractivity contribution is 0.102. The summed E-state index contributed by atoms with van der Waals surface area (Å²) < 4.78 is 10.6. The quantitative estimate of drug-likeness (QED) is 0.658. The summed E-state index contributed by atoms with van der Waals surface area (Å²) in [6.07, 6.45) is 0. The smallest absolute Gasteiger partial charge is 0.345 e. The van der Waals surface area contributed by atoms with Crippen molar-refractivity contribution >= 4 is 22.4 Å². The Hall–Kier alpha value is -3.20. The average molecular weight is 400 g/mol. The molecule has 3 rings (SSSR count). The number of nitrogens with one attached hydrogen (secondary N) is 2. The highest BCUT2D eigenvalue weighted by Crippen LogP contribution is 2.35. The van der Waals surface area contributed by atoms with Crippen LogP contribution < -0.4 is 20.5 Å². The SMILES string of the molecule is COc1ccc(OC)c(-c2csc(NC(=O)c3cc(C(C)C)[nH]c(=O)n3)n2)c1. The lowest BCUT2D eigenvalue weighted by Crippen LogP contribution is -2.22. The van der Waals surface area contributed by atoms with E-state index in [9.17, 15) is 9.59 Å². The van der Waals surface area contributed by atoms with Crippen molar-refractivity contribution in [3.05, 3.63) is 51.5 Å². The standard InChI is InChI=1S/C19H20N4O4S/c1-10(2)13-8-14(21-18(25)20-13)17(24)23-19-22-15(9-28-19)12-7-11(26-3)5-6-16(12)27-4/h5-10H,1-4H3,(H,20,21,25)(H,22,23,24). The summed E-state index contributed by atoms with van der Waals surface area (Å²) in [7, 11) is 3.16. The Labute approximate surface area is 165 Å². The fourth-order valence-electron chi connectivity index (χ4n) is 2.53. The zero-order valence-electron chi connectivity index (χ0n) is 15.9. The summed E-state index contributed by atoms with van der Waals surface area (Å²) in [6, 6.07) is 6.97. The molecule has 2 heterocycles. The molecule has 28 heavy (non-hydrogen) atoms. The van der Waals surface area contributed by atoms with Crippen molar-refractivity contribution in [2.45, 2.75) is 19.8 Å². The summed E-state index contributed by atoms with van der Waals surface area (Å²) in [5, 5.41) is 4.88. The fourth-order valence-corrected chi connectivity index (χ4v) is 3.24. The van der Waals surface area contributed by atoms with Gasteiger partial charge in [-0.2, -0.15) is 4.98 Å². The van der Waals surface area contributed by atoms with E-state index in [1.165, 1.54) is 11.3 Å². The minimum atomic E-state index is -0.558. The largest absolute Gasteiger partial charge is 0.497 e. The van der Waals surface area contributed by atoms with Gasteiger partial charge in [-0.05, 0) is 30.2 Å². The van der Waals surface area contributed by atoms with Crippen LogP contribution in [0.5, 0.6) is 11.5 Å². The van der Waals surface area contributed by atoms with E-state index in [1.54, 1.807) is 37.8 Å². The molecule has 0 atom stereocenters. The minimum Gasteiger partial charge on any atom is -0.497 e. The topological polar surface area (TPSA) is 106 Å². The van der Waals surface area contributed by atoms with Crippen LogP contribution in [0.3, 0.4) is 0 Å². The summed E-state index contributed by atoms with van der Waals surface area (Å²) in [5.74, 6) is 0.880. The number of carbonyl (C=O) groups excluding carboxylic acids is 1. The van der Waals surface area contributed by atoms with Crippen molar-refractivity contribution in [1.82, 2.24) is 15.0 Å². The van der Waals surface area contributed by atoms with Crippen molar-refractivity contribution in [2.75, 3.05) is 19.5 Å². The molecule has 1 amide bonds. The van der Waals surface area contributed by atoms with Gasteiger partial charge in [0.05, 0.1) is 19.9 Å². The number of amides is 1. The van der Waals surface area contributed by atoms with E-state index in [0.717, 1.165) is 5.56 Å². The van der Waals surface area contributed by atoms with Gasteiger partial charge in [-0.3, -0.25) is 10.1 Å². The first-order chi connectivity index (χ1) is 13.4.